The zero-order valence-corrected chi connectivity index (χ0v) is 8.79. The van der Waals surface area contributed by atoms with E-state index in [1.54, 1.807) is 0 Å². The molecule has 1 aromatic heterocycles. The highest BCUT2D eigenvalue weighted by molar-refractivity contribution is 7.90. The maximum atomic E-state index is 11.4. The van der Waals surface area contributed by atoms with Gasteiger partial charge in [-0.05, 0) is 12.0 Å². The molecule has 0 amide bonds. The summed E-state index contributed by atoms with van der Waals surface area (Å²) in [6.07, 6.45) is 1.97. The van der Waals surface area contributed by atoms with E-state index in [0.717, 1.165) is 5.56 Å². The van der Waals surface area contributed by atoms with Crippen LogP contribution in [0.3, 0.4) is 0 Å². The molecule has 6 heteroatoms. The smallest absolute Gasteiger partial charge is 0.156 e. The Balaban J connectivity index is 2.47. The van der Waals surface area contributed by atoms with Crippen LogP contribution in [0.25, 0.3) is 0 Å². The Morgan fingerprint density at radius 1 is 1.47 bits per heavy atom. The van der Waals surface area contributed by atoms with Crippen molar-refractivity contribution in [3.63, 3.8) is 0 Å². The zero-order valence-electron chi connectivity index (χ0n) is 7.97. The van der Waals surface area contributed by atoms with E-state index >= 15 is 0 Å². The summed E-state index contributed by atoms with van der Waals surface area (Å²) in [6, 6.07) is 2.02. The van der Waals surface area contributed by atoms with Gasteiger partial charge in [0.1, 0.15) is 6.33 Å². The van der Waals surface area contributed by atoms with Crippen molar-refractivity contribution in [2.75, 3.05) is 5.75 Å². The fraction of sp³-hybridized carbons (Fsp3) is 0.444. The molecule has 1 aliphatic heterocycles. The molecular weight excluding hydrogens is 214 g/mol. The quantitative estimate of drug-likeness (QED) is 0.669. The summed E-state index contributed by atoms with van der Waals surface area (Å²) in [5, 5.41) is 8.60. The molecule has 0 aliphatic carbocycles. The Labute approximate surface area is 87.7 Å². The molecule has 0 radical (unpaired) electrons. The number of rotatable bonds is 1. The molecule has 0 atom stereocenters. The number of nitriles is 1. The lowest BCUT2D eigenvalue weighted by atomic mass is 10.1. The average molecular weight is 223 g/mol. The fourth-order valence-electron chi connectivity index (χ4n) is 1.67. The van der Waals surface area contributed by atoms with Gasteiger partial charge in [0.15, 0.2) is 9.84 Å². The Morgan fingerprint density at radius 3 is 3.00 bits per heavy atom. The van der Waals surface area contributed by atoms with Gasteiger partial charge in [0.25, 0.3) is 0 Å². The van der Waals surface area contributed by atoms with Crippen molar-refractivity contribution in [2.24, 2.45) is 0 Å². The number of fused-ring (bicyclic) bond motifs is 1. The second kappa shape index (κ2) is 3.59. The van der Waals surface area contributed by atoms with Gasteiger partial charge in [0.2, 0.25) is 0 Å². The number of hydrogen-bond acceptors (Lipinski definition) is 5. The number of aromatic nitrogens is 2. The molecule has 0 saturated heterocycles. The maximum absolute atomic E-state index is 11.4. The van der Waals surface area contributed by atoms with Crippen molar-refractivity contribution in [3.05, 3.63) is 23.3 Å². The summed E-state index contributed by atoms with van der Waals surface area (Å²) < 4.78 is 22.7. The minimum Gasteiger partial charge on any atom is -0.240 e. The van der Waals surface area contributed by atoms with E-state index in [1.807, 2.05) is 6.07 Å². The van der Waals surface area contributed by atoms with Gasteiger partial charge in [-0.2, -0.15) is 5.26 Å². The first-order chi connectivity index (χ1) is 7.12. The molecule has 0 bridgehead atoms. The van der Waals surface area contributed by atoms with Gasteiger partial charge in [-0.15, -0.1) is 0 Å². The van der Waals surface area contributed by atoms with E-state index in [-0.39, 0.29) is 17.9 Å². The van der Waals surface area contributed by atoms with Crippen molar-refractivity contribution in [1.29, 1.82) is 5.26 Å². The second-order valence-electron chi connectivity index (χ2n) is 3.42. The minimum absolute atomic E-state index is 0.0245. The van der Waals surface area contributed by atoms with Crippen molar-refractivity contribution >= 4 is 9.84 Å². The van der Waals surface area contributed by atoms with E-state index in [9.17, 15) is 8.42 Å². The van der Waals surface area contributed by atoms with Gasteiger partial charge >= 0.3 is 0 Å². The van der Waals surface area contributed by atoms with Crippen LogP contribution >= 0.6 is 0 Å². The average Bonchev–Trinajstić information content (AvgIpc) is 2.16. The Kier molecular flexibility index (Phi) is 2.40. The third kappa shape index (κ3) is 1.97. The van der Waals surface area contributed by atoms with E-state index in [1.165, 1.54) is 6.33 Å². The van der Waals surface area contributed by atoms with Crippen molar-refractivity contribution in [1.82, 2.24) is 9.97 Å². The molecule has 2 rings (SSSR count). The predicted molar refractivity (Wildman–Crippen MR) is 52.5 cm³/mol. The molecule has 0 unspecified atom stereocenters. The summed E-state index contributed by atoms with van der Waals surface area (Å²) in [6.45, 7) is 0. The molecule has 0 spiro atoms. The van der Waals surface area contributed by atoms with Crippen LogP contribution in [0.4, 0.5) is 0 Å². The van der Waals surface area contributed by atoms with Crippen LogP contribution in [-0.4, -0.2) is 24.1 Å². The molecule has 2 heterocycles. The van der Waals surface area contributed by atoms with Crippen LogP contribution in [0.2, 0.25) is 0 Å². The van der Waals surface area contributed by atoms with Gasteiger partial charge in [-0.1, -0.05) is 0 Å². The first-order valence-corrected chi connectivity index (χ1v) is 6.33. The summed E-state index contributed by atoms with van der Waals surface area (Å²) in [7, 11) is -3.00. The first-order valence-electron chi connectivity index (χ1n) is 4.51. The number of hydrogen-bond donors (Lipinski definition) is 0. The van der Waals surface area contributed by atoms with E-state index in [0.29, 0.717) is 17.8 Å². The molecule has 0 saturated carbocycles. The molecular formula is C9H9N3O2S. The summed E-state index contributed by atoms with van der Waals surface area (Å²) in [5.74, 6) is 0.106. The van der Waals surface area contributed by atoms with Crippen LogP contribution in [0, 0.1) is 11.3 Å². The van der Waals surface area contributed by atoms with Gasteiger partial charge in [-0.3, -0.25) is 0 Å². The molecule has 0 aromatic carbocycles. The first kappa shape index (κ1) is 10.1. The van der Waals surface area contributed by atoms with Gasteiger partial charge in [0.05, 0.1) is 35.4 Å². The van der Waals surface area contributed by atoms with Gasteiger partial charge in [-0.25, -0.2) is 18.4 Å². The topological polar surface area (TPSA) is 83.7 Å². The lowest BCUT2D eigenvalue weighted by Gasteiger charge is -2.16. The predicted octanol–water partition coefficient (Wildman–Crippen LogP) is 0.0136. The zero-order chi connectivity index (χ0) is 10.9. The van der Waals surface area contributed by atoms with Crippen molar-refractivity contribution in [2.45, 2.75) is 18.6 Å². The van der Waals surface area contributed by atoms with E-state index in [2.05, 4.69) is 9.97 Å². The monoisotopic (exact) mass is 223 g/mol. The molecule has 0 fully saturated rings. The van der Waals surface area contributed by atoms with Crippen LogP contribution in [-0.2, 0) is 28.4 Å². The van der Waals surface area contributed by atoms with Crippen LogP contribution < -0.4 is 0 Å². The summed E-state index contributed by atoms with van der Waals surface area (Å²) >= 11 is 0. The van der Waals surface area contributed by atoms with Crippen molar-refractivity contribution < 1.29 is 8.42 Å². The molecule has 78 valence electrons. The third-order valence-corrected chi connectivity index (χ3v) is 3.93. The SMILES string of the molecule is N#CCc1ncnc2c1CCS(=O)(=O)C2. The number of nitrogens with zero attached hydrogens (tertiary/aromatic N) is 3. The molecule has 15 heavy (non-hydrogen) atoms. The highest BCUT2D eigenvalue weighted by Gasteiger charge is 2.24. The number of sulfone groups is 1. The lowest BCUT2D eigenvalue weighted by Crippen LogP contribution is -2.22. The van der Waals surface area contributed by atoms with E-state index in [4.69, 9.17) is 5.26 Å². The van der Waals surface area contributed by atoms with Gasteiger partial charge < -0.3 is 0 Å². The molecule has 1 aromatic rings. The van der Waals surface area contributed by atoms with Gasteiger partial charge in [0, 0.05) is 0 Å². The highest BCUT2D eigenvalue weighted by atomic mass is 32.2. The largest absolute Gasteiger partial charge is 0.240 e. The van der Waals surface area contributed by atoms with Crippen molar-refractivity contribution in [3.8, 4) is 6.07 Å². The van der Waals surface area contributed by atoms with E-state index < -0.39 is 9.84 Å². The Morgan fingerprint density at radius 2 is 2.27 bits per heavy atom. The Bertz CT molecular complexity index is 531. The molecule has 1 aliphatic rings. The van der Waals surface area contributed by atoms with Crippen LogP contribution in [0.1, 0.15) is 17.0 Å². The minimum atomic E-state index is -3.00. The van der Waals surface area contributed by atoms with Crippen LogP contribution in [0.5, 0.6) is 0 Å². The summed E-state index contributed by atoms with van der Waals surface area (Å²) in [5.41, 5.74) is 2.06. The Hall–Kier alpha value is -1.48. The maximum Gasteiger partial charge on any atom is 0.156 e. The molecule has 5 nitrogen and oxygen atoms in total. The molecule has 0 N–H and O–H groups in total. The summed E-state index contributed by atoms with van der Waals surface area (Å²) in [4.78, 5) is 7.96. The lowest BCUT2D eigenvalue weighted by molar-refractivity contribution is 0.590. The second-order valence-corrected chi connectivity index (χ2v) is 5.61. The van der Waals surface area contributed by atoms with Crippen LogP contribution in [0.15, 0.2) is 6.33 Å². The normalized spacial score (nSPS) is 17.8. The third-order valence-electron chi connectivity index (χ3n) is 2.39. The highest BCUT2D eigenvalue weighted by Crippen LogP contribution is 2.20. The standard InChI is InChI=1S/C9H9N3O2S/c10-3-1-8-7-2-4-15(13,14)5-9(7)12-6-11-8/h6H,1-2,4-5H2. The fourth-order valence-corrected chi connectivity index (χ4v) is 2.99.